The monoisotopic (exact) mass is 314 g/mol. The van der Waals surface area contributed by atoms with Crippen molar-refractivity contribution in [2.45, 2.75) is 25.4 Å². The van der Waals surface area contributed by atoms with Crippen molar-refractivity contribution >= 4 is 17.2 Å². The number of rotatable bonds is 4. The molecule has 0 aliphatic carbocycles. The SMILES string of the molecule is CN(C[C@H]1Cc2ccccc2CN1C)C(=O)Cc1cccs1. The van der Waals surface area contributed by atoms with Gasteiger partial charge in [0, 0.05) is 31.1 Å². The maximum atomic E-state index is 12.4. The summed E-state index contributed by atoms with van der Waals surface area (Å²) >= 11 is 1.65. The van der Waals surface area contributed by atoms with Crippen LogP contribution in [0, 0.1) is 0 Å². The molecule has 2 aromatic rings. The third-order valence-corrected chi connectivity index (χ3v) is 5.31. The second kappa shape index (κ2) is 6.63. The van der Waals surface area contributed by atoms with E-state index < -0.39 is 0 Å². The zero-order chi connectivity index (χ0) is 15.5. The molecule has 0 radical (unpaired) electrons. The first kappa shape index (κ1) is 15.3. The number of benzene rings is 1. The molecule has 22 heavy (non-hydrogen) atoms. The van der Waals surface area contributed by atoms with Crippen LogP contribution in [-0.2, 0) is 24.2 Å². The van der Waals surface area contributed by atoms with Crippen LogP contribution in [-0.4, -0.2) is 42.4 Å². The summed E-state index contributed by atoms with van der Waals surface area (Å²) in [4.78, 5) is 17.7. The molecule has 0 N–H and O–H groups in total. The smallest absolute Gasteiger partial charge is 0.227 e. The van der Waals surface area contributed by atoms with Crippen LogP contribution >= 0.6 is 11.3 Å². The summed E-state index contributed by atoms with van der Waals surface area (Å²) in [6.45, 7) is 1.75. The number of carbonyl (C=O) groups is 1. The normalized spacial score (nSPS) is 18.0. The first-order chi connectivity index (χ1) is 10.6. The van der Waals surface area contributed by atoms with Gasteiger partial charge in [-0.3, -0.25) is 9.69 Å². The van der Waals surface area contributed by atoms with E-state index in [0.717, 1.165) is 24.4 Å². The van der Waals surface area contributed by atoms with E-state index in [4.69, 9.17) is 0 Å². The summed E-state index contributed by atoms with van der Waals surface area (Å²) in [5.41, 5.74) is 2.83. The Morgan fingerprint density at radius 1 is 1.27 bits per heavy atom. The number of amides is 1. The van der Waals surface area contributed by atoms with Gasteiger partial charge >= 0.3 is 0 Å². The fraction of sp³-hybridized carbons (Fsp3) is 0.389. The molecule has 1 aromatic carbocycles. The van der Waals surface area contributed by atoms with E-state index in [1.807, 2.05) is 29.5 Å². The highest BCUT2D eigenvalue weighted by atomic mass is 32.1. The van der Waals surface area contributed by atoms with E-state index in [1.165, 1.54) is 11.1 Å². The van der Waals surface area contributed by atoms with Gasteiger partial charge in [-0.15, -0.1) is 11.3 Å². The molecule has 0 unspecified atom stereocenters. The number of hydrogen-bond donors (Lipinski definition) is 0. The lowest BCUT2D eigenvalue weighted by molar-refractivity contribution is -0.129. The van der Waals surface area contributed by atoms with Gasteiger partial charge in [0.05, 0.1) is 6.42 Å². The van der Waals surface area contributed by atoms with E-state index in [2.05, 4.69) is 36.2 Å². The lowest BCUT2D eigenvalue weighted by Crippen LogP contribution is -2.46. The predicted molar refractivity (Wildman–Crippen MR) is 91.1 cm³/mol. The number of carbonyl (C=O) groups excluding carboxylic acids is 1. The Labute approximate surface area is 136 Å². The Kier molecular flexibility index (Phi) is 4.60. The molecule has 0 saturated heterocycles. The fourth-order valence-electron chi connectivity index (χ4n) is 3.04. The third kappa shape index (κ3) is 3.39. The van der Waals surface area contributed by atoms with Gasteiger partial charge in [0.2, 0.25) is 5.91 Å². The van der Waals surface area contributed by atoms with Crippen LogP contribution in [0.5, 0.6) is 0 Å². The van der Waals surface area contributed by atoms with Crippen molar-refractivity contribution in [1.29, 1.82) is 0 Å². The molecule has 2 heterocycles. The molecule has 1 aliphatic rings. The predicted octanol–water partition coefficient (Wildman–Crippen LogP) is 2.81. The van der Waals surface area contributed by atoms with Gasteiger partial charge in [-0.25, -0.2) is 0 Å². The van der Waals surface area contributed by atoms with Gasteiger partial charge in [0.15, 0.2) is 0 Å². The molecule has 0 bridgehead atoms. The second-order valence-electron chi connectivity index (χ2n) is 6.07. The van der Waals surface area contributed by atoms with Crippen molar-refractivity contribution in [3.8, 4) is 0 Å². The molecule has 0 spiro atoms. The Hall–Kier alpha value is -1.65. The summed E-state index contributed by atoms with van der Waals surface area (Å²) in [6, 6.07) is 13.0. The quantitative estimate of drug-likeness (QED) is 0.866. The first-order valence-electron chi connectivity index (χ1n) is 7.67. The molecule has 4 heteroatoms. The van der Waals surface area contributed by atoms with Crippen LogP contribution in [0.25, 0.3) is 0 Å². The minimum Gasteiger partial charge on any atom is -0.344 e. The van der Waals surface area contributed by atoms with Crippen LogP contribution < -0.4 is 0 Å². The van der Waals surface area contributed by atoms with Gasteiger partial charge < -0.3 is 4.90 Å². The van der Waals surface area contributed by atoms with Crippen molar-refractivity contribution in [2.24, 2.45) is 0 Å². The number of fused-ring (bicyclic) bond motifs is 1. The highest BCUT2D eigenvalue weighted by molar-refractivity contribution is 7.10. The lowest BCUT2D eigenvalue weighted by Gasteiger charge is -2.36. The van der Waals surface area contributed by atoms with Gasteiger partial charge in [-0.05, 0) is 36.0 Å². The molecular weight excluding hydrogens is 292 g/mol. The lowest BCUT2D eigenvalue weighted by atomic mass is 9.94. The minimum absolute atomic E-state index is 0.203. The Morgan fingerprint density at radius 3 is 2.77 bits per heavy atom. The van der Waals surface area contributed by atoms with Crippen molar-refractivity contribution < 1.29 is 4.79 Å². The van der Waals surface area contributed by atoms with Gasteiger partial charge in [-0.1, -0.05) is 30.3 Å². The van der Waals surface area contributed by atoms with Crippen molar-refractivity contribution in [3.05, 3.63) is 57.8 Å². The van der Waals surface area contributed by atoms with Crippen LogP contribution in [0.1, 0.15) is 16.0 Å². The Balaban J connectivity index is 1.61. The fourth-order valence-corrected chi connectivity index (χ4v) is 3.73. The van der Waals surface area contributed by atoms with E-state index in [1.54, 1.807) is 11.3 Å². The largest absolute Gasteiger partial charge is 0.344 e. The number of thiophene rings is 1. The van der Waals surface area contributed by atoms with Crippen LogP contribution in [0.4, 0.5) is 0 Å². The molecule has 1 aliphatic heterocycles. The minimum atomic E-state index is 0.203. The molecule has 1 amide bonds. The molecule has 0 saturated carbocycles. The van der Waals surface area contributed by atoms with E-state index in [0.29, 0.717) is 12.5 Å². The maximum absolute atomic E-state index is 12.4. The van der Waals surface area contributed by atoms with Crippen molar-refractivity contribution in [3.63, 3.8) is 0 Å². The molecule has 116 valence electrons. The Bertz CT molecular complexity index is 638. The molecule has 1 aromatic heterocycles. The Morgan fingerprint density at radius 2 is 2.05 bits per heavy atom. The van der Waals surface area contributed by atoms with Crippen LogP contribution in [0.2, 0.25) is 0 Å². The third-order valence-electron chi connectivity index (χ3n) is 4.43. The number of likely N-dealkylation sites (N-methyl/N-ethyl adjacent to an activating group) is 2. The van der Waals surface area contributed by atoms with E-state index >= 15 is 0 Å². The molecular formula is C18H22N2OS. The molecule has 0 fully saturated rings. The van der Waals surface area contributed by atoms with Gasteiger partial charge in [0.25, 0.3) is 0 Å². The summed E-state index contributed by atoms with van der Waals surface area (Å²) in [7, 11) is 4.07. The van der Waals surface area contributed by atoms with E-state index in [-0.39, 0.29) is 5.91 Å². The number of hydrogen-bond acceptors (Lipinski definition) is 3. The van der Waals surface area contributed by atoms with Gasteiger partial charge in [0.1, 0.15) is 0 Å². The molecule has 3 rings (SSSR count). The summed E-state index contributed by atoms with van der Waals surface area (Å²) in [5.74, 6) is 0.203. The maximum Gasteiger partial charge on any atom is 0.227 e. The molecule has 3 nitrogen and oxygen atoms in total. The van der Waals surface area contributed by atoms with Crippen LogP contribution in [0.3, 0.4) is 0 Å². The number of nitrogens with zero attached hydrogens (tertiary/aromatic N) is 2. The van der Waals surface area contributed by atoms with Gasteiger partial charge in [-0.2, -0.15) is 0 Å². The zero-order valence-electron chi connectivity index (χ0n) is 13.2. The summed E-state index contributed by atoms with van der Waals surface area (Å²) in [6.07, 6.45) is 1.53. The highest BCUT2D eigenvalue weighted by Gasteiger charge is 2.25. The average molecular weight is 314 g/mol. The summed E-state index contributed by atoms with van der Waals surface area (Å²) < 4.78 is 0. The average Bonchev–Trinajstić information content (AvgIpc) is 3.00. The second-order valence-corrected chi connectivity index (χ2v) is 7.10. The first-order valence-corrected chi connectivity index (χ1v) is 8.55. The standard InChI is InChI=1S/C18H22N2OS/c1-19-12-15-7-4-3-6-14(15)10-16(19)13-20(2)18(21)11-17-8-5-9-22-17/h3-9,16H,10-13H2,1-2H3/t16-/m1/s1. The summed E-state index contributed by atoms with van der Waals surface area (Å²) in [5, 5.41) is 2.02. The van der Waals surface area contributed by atoms with E-state index in [9.17, 15) is 4.79 Å². The van der Waals surface area contributed by atoms with Crippen molar-refractivity contribution in [2.75, 3.05) is 20.6 Å². The molecule has 1 atom stereocenters. The zero-order valence-corrected chi connectivity index (χ0v) is 14.0. The van der Waals surface area contributed by atoms with Crippen LogP contribution in [0.15, 0.2) is 41.8 Å². The highest BCUT2D eigenvalue weighted by Crippen LogP contribution is 2.22. The van der Waals surface area contributed by atoms with Crippen molar-refractivity contribution in [1.82, 2.24) is 9.80 Å². The topological polar surface area (TPSA) is 23.6 Å².